The Morgan fingerprint density at radius 3 is 1.03 bits per heavy atom. The lowest BCUT2D eigenvalue weighted by Gasteiger charge is -2.06. The average Bonchev–Trinajstić information content (AvgIpc) is 2.85. The maximum atomic E-state index is 8.52. The summed E-state index contributed by atoms with van der Waals surface area (Å²) in [5.41, 5.74) is 0. The van der Waals surface area contributed by atoms with Crippen LogP contribution in [-0.4, -0.2) is 67.3 Å². The highest BCUT2D eigenvalue weighted by Gasteiger charge is 1.95. The van der Waals surface area contributed by atoms with E-state index in [-0.39, 0.29) is 13.2 Å². The molecule has 0 aliphatic carbocycles. The van der Waals surface area contributed by atoms with Crippen molar-refractivity contribution in [1.29, 1.82) is 0 Å². The molecule has 0 radical (unpaired) electrons. The van der Waals surface area contributed by atoms with Crippen molar-refractivity contribution in [3.8, 4) is 0 Å². The Bertz CT molecular complexity index is 445. The Balaban J connectivity index is -0.000000790. The fourth-order valence-electron chi connectivity index (χ4n) is 3.77. The Morgan fingerprint density at radius 1 is 0.541 bits per heavy atom. The summed E-state index contributed by atoms with van der Waals surface area (Å²) in [5.74, 6) is 0. The summed E-state index contributed by atoms with van der Waals surface area (Å²) in [4.78, 5) is 0. The molecule has 0 saturated heterocycles. The van der Waals surface area contributed by atoms with Crippen LogP contribution in [0.4, 0.5) is 0 Å². The molecule has 9 heteroatoms. The molecule has 0 aliphatic heterocycles. The number of rotatable bonds is 26. The second kappa shape index (κ2) is 37.9. The van der Waals surface area contributed by atoms with Gasteiger partial charge in [-0.2, -0.15) is 0 Å². The molecule has 0 bridgehead atoms. The van der Waals surface area contributed by atoms with Crippen LogP contribution < -0.4 is 5.32 Å². The van der Waals surface area contributed by atoms with Crippen LogP contribution in [0, 0.1) is 0 Å². The molecular weight excluding hydrogens is 494 g/mol. The number of aliphatic hydroxyl groups is 2. The summed E-state index contributed by atoms with van der Waals surface area (Å²) in [7, 11) is -5.17. The van der Waals surface area contributed by atoms with Gasteiger partial charge in [-0.25, -0.2) is 0 Å². The number of hydrogen-bond acceptors (Lipinski definition) is 8. The predicted octanol–water partition coefficient (Wildman–Crippen LogP) is 6.07. The van der Waals surface area contributed by atoms with Gasteiger partial charge in [-0.15, -0.1) is 0 Å². The summed E-state index contributed by atoms with van der Waals surface area (Å²) < 4.78 is 39.9. The van der Waals surface area contributed by atoms with Crippen LogP contribution in [0.3, 0.4) is 0 Å². The maximum absolute atomic E-state index is 8.52. The highest BCUT2D eigenvalue weighted by molar-refractivity contribution is 7.79. The van der Waals surface area contributed by atoms with Gasteiger partial charge < -0.3 is 29.4 Å². The van der Waals surface area contributed by atoms with E-state index >= 15 is 0 Å². The standard InChI is InChI=1S/C24H50O.C4H11NO2.H2O4S/c1-3-5-7-9-11-13-15-17-19-21-23-25-24-22-20-18-16-14-12-10-8-6-4-2;6-3-1-5-2-4-7;1-5(2,3)4/h3-24H2,1-2H3;5-7H,1-4H2;(H2,1,2,3,4)/p-2. The second-order valence-corrected chi connectivity index (χ2v) is 10.4. The van der Waals surface area contributed by atoms with E-state index in [4.69, 9.17) is 32.5 Å². The lowest BCUT2D eigenvalue weighted by molar-refractivity contribution is 0.125. The highest BCUT2D eigenvalue weighted by Crippen LogP contribution is 2.12. The third-order valence-electron chi connectivity index (χ3n) is 5.86. The minimum atomic E-state index is -5.17. The summed E-state index contributed by atoms with van der Waals surface area (Å²) in [6.45, 7) is 7.99. The van der Waals surface area contributed by atoms with E-state index in [1.807, 2.05) is 0 Å². The number of aliphatic hydroxyl groups excluding tert-OH is 2. The third-order valence-corrected chi connectivity index (χ3v) is 5.86. The SMILES string of the molecule is CCCCCCCCCCCCOCCCCCCCCCCCC.O=S(=O)([O-])[O-].OCCNCCO. The van der Waals surface area contributed by atoms with Gasteiger partial charge in [0, 0.05) is 36.7 Å². The van der Waals surface area contributed by atoms with Crippen LogP contribution >= 0.6 is 0 Å². The molecule has 0 heterocycles. The Kier molecular flexibility index (Phi) is 42.2. The summed E-state index contributed by atoms with van der Waals surface area (Å²) in [6, 6.07) is 0. The molecule has 0 unspecified atom stereocenters. The number of nitrogens with one attached hydrogen (secondary N) is 1. The van der Waals surface area contributed by atoms with Gasteiger partial charge in [0.1, 0.15) is 0 Å². The molecule has 0 spiro atoms. The van der Waals surface area contributed by atoms with Gasteiger partial charge in [0.25, 0.3) is 0 Å². The number of ether oxygens (including phenoxy) is 1. The van der Waals surface area contributed by atoms with Crippen LogP contribution in [0.1, 0.15) is 142 Å². The molecule has 37 heavy (non-hydrogen) atoms. The van der Waals surface area contributed by atoms with Crippen molar-refractivity contribution in [3.63, 3.8) is 0 Å². The molecule has 0 amide bonds. The van der Waals surface area contributed by atoms with Crippen molar-refractivity contribution in [2.24, 2.45) is 0 Å². The zero-order valence-corrected chi connectivity index (χ0v) is 25.0. The van der Waals surface area contributed by atoms with Crippen molar-refractivity contribution >= 4 is 10.4 Å². The maximum Gasteiger partial charge on any atom is 0.0555 e. The molecule has 3 N–H and O–H groups in total. The molecule has 0 aromatic carbocycles. The Morgan fingerprint density at radius 2 is 0.784 bits per heavy atom. The van der Waals surface area contributed by atoms with Crippen molar-refractivity contribution < 1.29 is 32.5 Å². The zero-order chi connectivity index (χ0) is 28.3. The normalized spacial score (nSPS) is 11.0. The van der Waals surface area contributed by atoms with Gasteiger partial charge in [-0.3, -0.25) is 8.42 Å². The smallest absolute Gasteiger partial charge is 0.0555 e. The molecule has 0 aliphatic rings. The van der Waals surface area contributed by atoms with E-state index < -0.39 is 10.4 Å². The molecule has 0 rings (SSSR count). The number of unbranched alkanes of at least 4 members (excludes halogenated alkanes) is 18. The van der Waals surface area contributed by atoms with Crippen LogP contribution in [0.15, 0.2) is 0 Å². The fourth-order valence-corrected chi connectivity index (χ4v) is 3.77. The Hall–Kier alpha value is -0.290. The predicted molar refractivity (Wildman–Crippen MR) is 152 cm³/mol. The number of hydrogen-bond donors (Lipinski definition) is 3. The summed E-state index contributed by atoms with van der Waals surface area (Å²) in [5, 5.41) is 19.1. The lowest BCUT2D eigenvalue weighted by atomic mass is 10.1. The molecule has 0 aromatic rings. The van der Waals surface area contributed by atoms with Gasteiger partial charge in [0.15, 0.2) is 0 Å². The third kappa shape index (κ3) is 61.4. The summed E-state index contributed by atoms with van der Waals surface area (Å²) in [6.07, 6.45) is 28.2. The van der Waals surface area contributed by atoms with Gasteiger partial charge in [-0.1, -0.05) is 129 Å². The molecule has 0 atom stereocenters. The van der Waals surface area contributed by atoms with Crippen molar-refractivity contribution in [2.45, 2.75) is 142 Å². The first kappa shape index (κ1) is 41.2. The molecule has 0 aromatic heterocycles. The molecular formula is C28H61NO7S-2. The van der Waals surface area contributed by atoms with Crippen LogP contribution in [-0.2, 0) is 15.1 Å². The lowest BCUT2D eigenvalue weighted by Crippen LogP contribution is -2.21. The molecule has 0 fully saturated rings. The first-order chi connectivity index (χ1) is 17.8. The van der Waals surface area contributed by atoms with Crippen LogP contribution in [0.25, 0.3) is 0 Å². The monoisotopic (exact) mass is 555 g/mol. The van der Waals surface area contributed by atoms with E-state index in [9.17, 15) is 0 Å². The average molecular weight is 556 g/mol. The molecule has 8 nitrogen and oxygen atoms in total. The molecule has 228 valence electrons. The first-order valence-corrected chi connectivity index (χ1v) is 16.3. The van der Waals surface area contributed by atoms with Crippen molar-refractivity contribution in [2.75, 3.05) is 39.5 Å². The largest absolute Gasteiger partial charge is 0.759 e. The minimum absolute atomic E-state index is 0.139. The Labute approximate surface area is 229 Å². The topological polar surface area (TPSA) is 142 Å². The van der Waals surface area contributed by atoms with Gasteiger partial charge >= 0.3 is 0 Å². The van der Waals surface area contributed by atoms with E-state index in [0.29, 0.717) is 13.1 Å². The van der Waals surface area contributed by atoms with Gasteiger partial charge in [0.2, 0.25) is 0 Å². The van der Waals surface area contributed by atoms with Crippen molar-refractivity contribution in [3.05, 3.63) is 0 Å². The van der Waals surface area contributed by atoms with E-state index in [0.717, 1.165) is 13.2 Å². The summed E-state index contributed by atoms with van der Waals surface area (Å²) >= 11 is 0. The van der Waals surface area contributed by atoms with E-state index in [1.54, 1.807) is 0 Å². The minimum Gasteiger partial charge on any atom is -0.759 e. The van der Waals surface area contributed by atoms with Crippen LogP contribution in [0.2, 0.25) is 0 Å². The fraction of sp³-hybridized carbons (Fsp3) is 1.00. The quantitative estimate of drug-likeness (QED) is 0.0663. The van der Waals surface area contributed by atoms with Gasteiger partial charge in [-0.05, 0) is 12.8 Å². The van der Waals surface area contributed by atoms with E-state index in [1.165, 1.54) is 128 Å². The second-order valence-electron chi connectivity index (χ2n) is 9.58. The molecule has 0 saturated carbocycles. The van der Waals surface area contributed by atoms with E-state index in [2.05, 4.69) is 19.2 Å². The zero-order valence-electron chi connectivity index (χ0n) is 24.2. The van der Waals surface area contributed by atoms with Gasteiger partial charge in [0.05, 0.1) is 13.2 Å². The highest BCUT2D eigenvalue weighted by atomic mass is 32.3. The first-order valence-electron chi connectivity index (χ1n) is 15.0. The van der Waals surface area contributed by atoms with Crippen LogP contribution in [0.5, 0.6) is 0 Å². The van der Waals surface area contributed by atoms with Crippen molar-refractivity contribution in [1.82, 2.24) is 5.32 Å².